The van der Waals surface area contributed by atoms with Gasteiger partial charge in [-0.05, 0) is 48.0 Å². The van der Waals surface area contributed by atoms with Crippen LogP contribution in [-0.2, 0) is 15.7 Å². The number of hydrogen-bond donors (Lipinski definition) is 4. The first-order valence-electron chi connectivity index (χ1n) is 11.7. The van der Waals surface area contributed by atoms with Crippen LogP contribution < -0.4 is 16.0 Å². The van der Waals surface area contributed by atoms with Crippen molar-refractivity contribution in [3.8, 4) is 17.2 Å². The highest BCUT2D eigenvalue weighted by atomic mass is 19.4. The minimum Gasteiger partial charge on any atom is -0.478 e. The third-order valence-electron chi connectivity index (χ3n) is 5.81. The molecule has 12 nitrogen and oxygen atoms in total. The lowest BCUT2D eigenvalue weighted by Gasteiger charge is -2.17. The number of nitriles is 1. The second-order valence-electron chi connectivity index (χ2n) is 8.61. The highest BCUT2D eigenvalue weighted by Crippen LogP contribution is 2.43. The van der Waals surface area contributed by atoms with Crippen LogP contribution in [0.3, 0.4) is 0 Å². The van der Waals surface area contributed by atoms with Gasteiger partial charge in [-0.2, -0.15) is 18.4 Å². The molecule has 0 aliphatic heterocycles. The summed E-state index contributed by atoms with van der Waals surface area (Å²) in [6, 6.07) is 10.6. The number of fused-ring (bicyclic) bond motifs is 1. The fourth-order valence-corrected chi connectivity index (χ4v) is 4.01. The lowest BCUT2D eigenvalue weighted by Crippen LogP contribution is -2.16. The van der Waals surface area contributed by atoms with Gasteiger partial charge in [0.25, 0.3) is 5.91 Å². The first kappa shape index (κ1) is 29.1. The molecule has 42 heavy (non-hydrogen) atoms. The first-order chi connectivity index (χ1) is 19.8. The Labute approximate surface area is 233 Å². The summed E-state index contributed by atoms with van der Waals surface area (Å²) >= 11 is 0. The van der Waals surface area contributed by atoms with Crippen molar-refractivity contribution in [3.63, 3.8) is 0 Å². The largest absolute Gasteiger partial charge is 0.478 e. The molecule has 0 aliphatic rings. The van der Waals surface area contributed by atoms with Gasteiger partial charge in [-0.3, -0.25) is 14.9 Å². The molecule has 4 aromatic rings. The fourth-order valence-electron chi connectivity index (χ4n) is 4.01. The Balaban J connectivity index is 1.83. The van der Waals surface area contributed by atoms with Crippen molar-refractivity contribution in [2.45, 2.75) is 13.1 Å². The number of carbonyl (C=O) groups is 4. The number of amides is 3. The molecule has 0 unspecified atom stereocenters. The molecule has 1 aromatic heterocycles. The molecule has 0 atom stereocenters. The summed E-state index contributed by atoms with van der Waals surface area (Å²) < 4.78 is 52.0. The predicted octanol–water partition coefficient (Wildman–Crippen LogP) is 5.47. The normalized spacial score (nSPS) is 11.0. The zero-order valence-corrected chi connectivity index (χ0v) is 21.5. The maximum atomic E-state index is 14.1. The van der Waals surface area contributed by atoms with Crippen LogP contribution in [0.15, 0.2) is 53.1 Å². The smallest absolute Gasteiger partial charge is 0.417 e. The van der Waals surface area contributed by atoms with Gasteiger partial charge in [-0.25, -0.2) is 9.59 Å². The molecule has 0 fully saturated rings. The number of nitrogens with one attached hydrogen (secondary N) is 3. The predicted molar refractivity (Wildman–Crippen MR) is 141 cm³/mol. The molecule has 3 amide bonds. The third kappa shape index (κ3) is 5.97. The third-order valence-corrected chi connectivity index (χ3v) is 5.81. The SMILES string of the molecule is COC(=O)Nc1ccc(-c2cc3onc(C(=O)Nc4ccc(C#N)cc4C(=O)O)c3cc2NC(C)=O)c(C(F)(F)F)c1. The summed E-state index contributed by atoms with van der Waals surface area (Å²) in [5.41, 5.74) is -3.02. The van der Waals surface area contributed by atoms with E-state index in [1.807, 2.05) is 0 Å². The molecule has 0 bridgehead atoms. The molecule has 3 aromatic carbocycles. The number of halogens is 3. The number of carbonyl (C=O) groups excluding carboxylic acids is 3. The lowest BCUT2D eigenvalue weighted by atomic mass is 9.95. The molecule has 214 valence electrons. The van der Waals surface area contributed by atoms with Gasteiger partial charge in [0, 0.05) is 23.9 Å². The quantitative estimate of drug-likeness (QED) is 0.229. The van der Waals surface area contributed by atoms with Crippen molar-refractivity contribution in [1.82, 2.24) is 5.16 Å². The molecule has 0 radical (unpaired) electrons. The maximum absolute atomic E-state index is 14.1. The number of aromatic carboxylic acids is 1. The van der Waals surface area contributed by atoms with E-state index in [9.17, 15) is 37.5 Å². The number of carboxylic acid groups (broad SMARTS) is 1. The summed E-state index contributed by atoms with van der Waals surface area (Å²) in [7, 11) is 1.05. The van der Waals surface area contributed by atoms with Crippen molar-refractivity contribution in [2.24, 2.45) is 0 Å². The summed E-state index contributed by atoms with van der Waals surface area (Å²) in [5.74, 6) is -2.99. The van der Waals surface area contributed by atoms with E-state index in [1.54, 1.807) is 6.07 Å². The number of anilines is 3. The number of carboxylic acids is 1. The van der Waals surface area contributed by atoms with Crippen molar-refractivity contribution in [3.05, 3.63) is 70.9 Å². The standard InChI is InChI=1S/C27H18F3N5O7/c1-12(36)32-21-9-18-22(10-16(21)15-5-4-14(33-26(40)41-2)8-19(15)27(28,29)30)42-35-23(18)24(37)34-20-6-3-13(11-31)7-17(20)25(38)39/h3-10H,1-2H3,(H,32,36)(H,33,40)(H,34,37)(H,38,39). The Morgan fingerprint density at radius 2 is 1.71 bits per heavy atom. The molecule has 0 saturated heterocycles. The molecule has 4 N–H and O–H groups in total. The topological polar surface area (TPSA) is 184 Å². The highest BCUT2D eigenvalue weighted by molar-refractivity contribution is 6.14. The summed E-state index contributed by atoms with van der Waals surface area (Å²) in [6.45, 7) is 1.13. The minimum absolute atomic E-state index is 0.0111. The summed E-state index contributed by atoms with van der Waals surface area (Å²) in [6.07, 6.45) is -5.89. The molecular weight excluding hydrogens is 563 g/mol. The molecule has 1 heterocycles. The van der Waals surface area contributed by atoms with Crippen LogP contribution in [0, 0.1) is 11.3 Å². The number of aromatic nitrogens is 1. The molecule has 4 rings (SSSR count). The monoisotopic (exact) mass is 581 g/mol. The van der Waals surface area contributed by atoms with Crippen molar-refractivity contribution >= 4 is 51.9 Å². The Hall–Kier alpha value is -5.91. The minimum atomic E-state index is -4.90. The van der Waals surface area contributed by atoms with E-state index in [2.05, 4.69) is 25.8 Å². The Morgan fingerprint density at radius 3 is 2.33 bits per heavy atom. The van der Waals surface area contributed by atoms with E-state index in [4.69, 9.17) is 9.78 Å². The van der Waals surface area contributed by atoms with Gasteiger partial charge in [0.2, 0.25) is 5.91 Å². The number of hydrogen-bond acceptors (Lipinski definition) is 8. The van der Waals surface area contributed by atoms with Crippen LogP contribution in [0.1, 0.15) is 38.9 Å². The van der Waals surface area contributed by atoms with Crippen LogP contribution in [0.5, 0.6) is 0 Å². The van der Waals surface area contributed by atoms with E-state index < -0.39 is 41.2 Å². The second-order valence-corrected chi connectivity index (χ2v) is 8.61. The van der Waals surface area contributed by atoms with E-state index >= 15 is 0 Å². The van der Waals surface area contributed by atoms with Gasteiger partial charge in [0.05, 0.1) is 40.9 Å². The van der Waals surface area contributed by atoms with Crippen LogP contribution in [-0.4, -0.2) is 41.2 Å². The van der Waals surface area contributed by atoms with Crippen LogP contribution in [0.4, 0.5) is 35.0 Å². The highest BCUT2D eigenvalue weighted by Gasteiger charge is 2.35. The Morgan fingerprint density at radius 1 is 0.976 bits per heavy atom. The summed E-state index contributed by atoms with van der Waals surface area (Å²) in [5, 5.41) is 29.1. The summed E-state index contributed by atoms with van der Waals surface area (Å²) in [4.78, 5) is 48.2. The molecular formula is C27H18F3N5O7. The number of benzene rings is 3. The number of methoxy groups -OCH3 is 1. The first-order valence-corrected chi connectivity index (χ1v) is 11.7. The number of rotatable bonds is 6. The van der Waals surface area contributed by atoms with E-state index in [-0.39, 0.29) is 50.4 Å². The molecule has 0 spiro atoms. The van der Waals surface area contributed by atoms with Crippen molar-refractivity contribution in [2.75, 3.05) is 23.1 Å². The average Bonchev–Trinajstić information content (AvgIpc) is 3.34. The average molecular weight is 581 g/mol. The zero-order valence-electron chi connectivity index (χ0n) is 21.5. The fraction of sp³-hybridized carbons (Fsp3) is 0.111. The Bertz CT molecular complexity index is 1810. The maximum Gasteiger partial charge on any atom is 0.417 e. The van der Waals surface area contributed by atoms with Crippen LogP contribution in [0.25, 0.3) is 22.1 Å². The molecule has 0 saturated carbocycles. The van der Waals surface area contributed by atoms with Gasteiger partial charge in [0.15, 0.2) is 11.3 Å². The van der Waals surface area contributed by atoms with Crippen molar-refractivity contribution < 1.29 is 46.7 Å². The van der Waals surface area contributed by atoms with Gasteiger partial charge >= 0.3 is 18.2 Å². The van der Waals surface area contributed by atoms with E-state index in [0.717, 1.165) is 32.2 Å². The number of alkyl halides is 3. The number of nitrogens with zero attached hydrogens (tertiary/aromatic N) is 2. The van der Waals surface area contributed by atoms with Crippen LogP contribution >= 0.6 is 0 Å². The van der Waals surface area contributed by atoms with Gasteiger partial charge in [-0.15, -0.1) is 0 Å². The van der Waals surface area contributed by atoms with Crippen LogP contribution in [0.2, 0.25) is 0 Å². The van der Waals surface area contributed by atoms with Gasteiger partial charge < -0.3 is 25.0 Å². The van der Waals surface area contributed by atoms with Gasteiger partial charge in [-0.1, -0.05) is 11.2 Å². The zero-order chi connectivity index (χ0) is 30.8. The van der Waals surface area contributed by atoms with E-state index in [0.29, 0.717) is 6.07 Å². The second kappa shape index (κ2) is 11.3. The number of ether oxygens (including phenoxy) is 1. The lowest BCUT2D eigenvalue weighted by molar-refractivity contribution is -0.137. The molecule has 15 heteroatoms. The van der Waals surface area contributed by atoms with E-state index in [1.165, 1.54) is 24.3 Å². The Kier molecular flexibility index (Phi) is 7.82. The van der Waals surface area contributed by atoms with Crippen molar-refractivity contribution in [1.29, 1.82) is 5.26 Å². The van der Waals surface area contributed by atoms with Gasteiger partial charge in [0.1, 0.15) is 0 Å². The molecule has 0 aliphatic carbocycles.